The molecule has 20 heavy (non-hydrogen) atoms. The summed E-state index contributed by atoms with van der Waals surface area (Å²) in [7, 11) is 1.68. The molecule has 1 aromatic heterocycles. The van der Waals surface area contributed by atoms with Gasteiger partial charge >= 0.3 is 0 Å². The van der Waals surface area contributed by atoms with Crippen LogP contribution in [0.3, 0.4) is 0 Å². The smallest absolute Gasteiger partial charge is 0.128 e. The third-order valence-corrected chi connectivity index (χ3v) is 3.40. The Bertz CT molecular complexity index is 796. The Morgan fingerprint density at radius 3 is 2.80 bits per heavy atom. The number of rotatable bonds is 3. The lowest BCUT2D eigenvalue weighted by Gasteiger charge is -2.07. The Morgan fingerprint density at radius 2 is 2.00 bits per heavy atom. The minimum absolute atomic E-state index is 0.691. The number of nitriles is 1. The second-order valence-corrected chi connectivity index (χ2v) is 4.65. The van der Waals surface area contributed by atoms with E-state index in [1.54, 1.807) is 7.11 Å². The average molecular weight is 262 g/mol. The summed E-state index contributed by atoms with van der Waals surface area (Å²) in [6.07, 6.45) is 2.05. The third kappa shape index (κ3) is 2.12. The maximum Gasteiger partial charge on any atom is 0.128 e. The number of hydrogen-bond donors (Lipinski definition) is 0. The highest BCUT2D eigenvalue weighted by molar-refractivity contribution is 5.86. The van der Waals surface area contributed by atoms with E-state index in [2.05, 4.69) is 22.8 Å². The lowest BCUT2D eigenvalue weighted by Crippen LogP contribution is -1.98. The predicted octanol–water partition coefficient (Wildman–Crippen LogP) is 3.57. The molecule has 3 heteroatoms. The molecule has 1 heterocycles. The highest BCUT2D eigenvalue weighted by Crippen LogP contribution is 2.26. The summed E-state index contributed by atoms with van der Waals surface area (Å²) < 4.78 is 7.53. The van der Waals surface area contributed by atoms with Gasteiger partial charge in [0.1, 0.15) is 5.75 Å². The first kappa shape index (κ1) is 12.3. The molecule has 0 aliphatic carbocycles. The Hall–Kier alpha value is -2.73. The molecule has 0 atom stereocenters. The zero-order chi connectivity index (χ0) is 13.9. The van der Waals surface area contributed by atoms with E-state index in [-0.39, 0.29) is 0 Å². The number of methoxy groups -OCH3 is 1. The van der Waals surface area contributed by atoms with Crippen molar-refractivity contribution >= 4 is 10.9 Å². The van der Waals surface area contributed by atoms with Crippen LogP contribution < -0.4 is 4.74 Å². The summed E-state index contributed by atoms with van der Waals surface area (Å²) in [5.41, 5.74) is 2.94. The number of fused-ring (bicyclic) bond motifs is 1. The van der Waals surface area contributed by atoms with Gasteiger partial charge in [-0.25, -0.2) is 0 Å². The van der Waals surface area contributed by atoms with E-state index >= 15 is 0 Å². The molecule has 0 saturated carbocycles. The topological polar surface area (TPSA) is 38.0 Å². The van der Waals surface area contributed by atoms with Gasteiger partial charge in [0, 0.05) is 18.1 Å². The number of ether oxygens (including phenoxy) is 1. The fraction of sp³-hybridized carbons (Fsp3) is 0.118. The SMILES string of the molecule is COc1cccc2c1ccn2Cc1cccc(C#N)c1. The molecule has 0 amide bonds. The summed E-state index contributed by atoms with van der Waals surface area (Å²) in [4.78, 5) is 0. The Morgan fingerprint density at radius 1 is 1.15 bits per heavy atom. The monoisotopic (exact) mass is 262 g/mol. The molecule has 0 fully saturated rings. The molecule has 0 N–H and O–H groups in total. The fourth-order valence-electron chi connectivity index (χ4n) is 2.45. The molecule has 0 aliphatic rings. The van der Waals surface area contributed by atoms with Crippen LogP contribution in [0.25, 0.3) is 10.9 Å². The van der Waals surface area contributed by atoms with E-state index in [1.165, 1.54) is 0 Å². The number of aromatic nitrogens is 1. The van der Waals surface area contributed by atoms with E-state index in [9.17, 15) is 0 Å². The van der Waals surface area contributed by atoms with Gasteiger partial charge in [-0.1, -0.05) is 18.2 Å². The Kier molecular flexibility index (Phi) is 3.14. The van der Waals surface area contributed by atoms with Crippen LogP contribution in [0.4, 0.5) is 0 Å². The van der Waals surface area contributed by atoms with Gasteiger partial charge < -0.3 is 9.30 Å². The lowest BCUT2D eigenvalue weighted by molar-refractivity contribution is 0.420. The van der Waals surface area contributed by atoms with Gasteiger partial charge in [-0.15, -0.1) is 0 Å². The fourth-order valence-corrected chi connectivity index (χ4v) is 2.45. The number of benzene rings is 2. The van der Waals surface area contributed by atoms with Crippen molar-refractivity contribution in [3.8, 4) is 11.8 Å². The summed E-state index contributed by atoms with van der Waals surface area (Å²) in [6, 6.07) is 18.0. The first-order valence-corrected chi connectivity index (χ1v) is 6.42. The zero-order valence-electron chi connectivity index (χ0n) is 11.2. The zero-order valence-corrected chi connectivity index (χ0v) is 11.2. The number of hydrogen-bond acceptors (Lipinski definition) is 2. The second kappa shape index (κ2) is 5.10. The molecule has 0 unspecified atom stereocenters. The number of nitrogens with zero attached hydrogens (tertiary/aromatic N) is 2. The molecule has 0 saturated heterocycles. The van der Waals surface area contributed by atoms with Crippen LogP contribution in [0.15, 0.2) is 54.7 Å². The molecule has 0 aliphatic heterocycles. The second-order valence-electron chi connectivity index (χ2n) is 4.65. The molecule has 2 aromatic carbocycles. The summed E-state index contributed by atoms with van der Waals surface area (Å²) in [5, 5.41) is 10.1. The highest BCUT2D eigenvalue weighted by Gasteiger charge is 2.06. The summed E-state index contributed by atoms with van der Waals surface area (Å²) in [6.45, 7) is 0.742. The van der Waals surface area contributed by atoms with Crippen molar-refractivity contribution in [3.05, 3.63) is 65.9 Å². The maximum absolute atomic E-state index is 8.95. The highest BCUT2D eigenvalue weighted by atomic mass is 16.5. The Balaban J connectivity index is 2.01. The summed E-state index contributed by atoms with van der Waals surface area (Å²) in [5.74, 6) is 0.882. The first-order chi connectivity index (χ1) is 9.81. The van der Waals surface area contributed by atoms with E-state index < -0.39 is 0 Å². The van der Waals surface area contributed by atoms with Gasteiger partial charge in [-0.2, -0.15) is 5.26 Å². The maximum atomic E-state index is 8.95. The minimum atomic E-state index is 0.691. The van der Waals surface area contributed by atoms with Crippen molar-refractivity contribution in [1.29, 1.82) is 5.26 Å². The van der Waals surface area contributed by atoms with Gasteiger partial charge in [0.25, 0.3) is 0 Å². The molecular formula is C17H14N2O. The Labute approximate surface area is 117 Å². The van der Waals surface area contributed by atoms with Crippen LogP contribution in [0.5, 0.6) is 5.75 Å². The van der Waals surface area contributed by atoms with Gasteiger partial charge in [-0.3, -0.25) is 0 Å². The largest absolute Gasteiger partial charge is 0.496 e. The van der Waals surface area contributed by atoms with E-state index in [0.29, 0.717) is 5.56 Å². The van der Waals surface area contributed by atoms with E-state index in [4.69, 9.17) is 10.00 Å². The molecule has 0 radical (unpaired) electrons. The van der Waals surface area contributed by atoms with E-state index in [0.717, 1.165) is 28.8 Å². The molecule has 3 aromatic rings. The molecule has 3 nitrogen and oxygen atoms in total. The van der Waals surface area contributed by atoms with Gasteiger partial charge in [0.15, 0.2) is 0 Å². The first-order valence-electron chi connectivity index (χ1n) is 6.42. The van der Waals surface area contributed by atoms with Crippen molar-refractivity contribution in [2.75, 3.05) is 7.11 Å². The predicted molar refractivity (Wildman–Crippen MR) is 78.7 cm³/mol. The van der Waals surface area contributed by atoms with Crippen LogP contribution in [-0.4, -0.2) is 11.7 Å². The van der Waals surface area contributed by atoms with Crippen molar-refractivity contribution in [3.63, 3.8) is 0 Å². The van der Waals surface area contributed by atoms with Crippen LogP contribution in [0, 0.1) is 11.3 Å². The van der Waals surface area contributed by atoms with Crippen molar-refractivity contribution in [1.82, 2.24) is 4.57 Å². The molecule has 3 rings (SSSR count). The molecule has 0 spiro atoms. The quantitative estimate of drug-likeness (QED) is 0.723. The van der Waals surface area contributed by atoms with Crippen molar-refractivity contribution < 1.29 is 4.74 Å². The van der Waals surface area contributed by atoms with Crippen LogP contribution in [0.1, 0.15) is 11.1 Å². The van der Waals surface area contributed by atoms with E-state index in [1.807, 2.05) is 42.6 Å². The van der Waals surface area contributed by atoms with Crippen molar-refractivity contribution in [2.45, 2.75) is 6.54 Å². The average Bonchev–Trinajstić information content (AvgIpc) is 2.90. The minimum Gasteiger partial charge on any atom is -0.496 e. The van der Waals surface area contributed by atoms with Crippen LogP contribution in [0.2, 0.25) is 0 Å². The van der Waals surface area contributed by atoms with Gasteiger partial charge in [0.05, 0.1) is 24.3 Å². The summed E-state index contributed by atoms with van der Waals surface area (Å²) >= 11 is 0. The molecule has 98 valence electrons. The normalized spacial score (nSPS) is 10.4. The van der Waals surface area contributed by atoms with Crippen molar-refractivity contribution in [2.24, 2.45) is 0 Å². The van der Waals surface area contributed by atoms with Crippen LogP contribution >= 0.6 is 0 Å². The standard InChI is InChI=1S/C17H14N2O/c1-20-17-7-3-6-16-15(17)8-9-19(16)12-14-5-2-4-13(10-14)11-18/h2-10H,12H2,1H3. The molecular weight excluding hydrogens is 248 g/mol. The van der Waals surface area contributed by atoms with Crippen LogP contribution in [-0.2, 0) is 6.54 Å². The lowest BCUT2D eigenvalue weighted by atomic mass is 10.1. The third-order valence-electron chi connectivity index (χ3n) is 3.40. The molecule has 0 bridgehead atoms. The van der Waals surface area contributed by atoms with Gasteiger partial charge in [-0.05, 0) is 35.9 Å². The van der Waals surface area contributed by atoms with Gasteiger partial charge in [0.2, 0.25) is 0 Å².